The van der Waals surface area contributed by atoms with Crippen molar-refractivity contribution >= 4 is 10.8 Å². The predicted molar refractivity (Wildman–Crippen MR) is 45.6 cm³/mol. The van der Waals surface area contributed by atoms with Gasteiger partial charge in [-0.25, -0.2) is 0 Å². The van der Waals surface area contributed by atoms with E-state index in [0.717, 1.165) is 12.8 Å². The zero-order valence-corrected chi connectivity index (χ0v) is 7.67. The predicted octanol–water partition coefficient (Wildman–Crippen LogP) is 2.09. The van der Waals surface area contributed by atoms with Crippen molar-refractivity contribution in [2.24, 2.45) is 0 Å². The van der Waals surface area contributed by atoms with Gasteiger partial charge in [-0.05, 0) is 19.8 Å². The molecule has 0 N–H and O–H groups in total. The summed E-state index contributed by atoms with van der Waals surface area (Å²) in [6.45, 7) is 2.16. The second-order valence-electron chi connectivity index (χ2n) is 3.46. The smallest absolute Gasteiger partial charge is 0.0428 e. The molecule has 1 saturated carbocycles. The van der Waals surface area contributed by atoms with Crippen LogP contribution in [0.4, 0.5) is 0 Å². The Bertz CT molecular complexity index is 136. The Labute approximate surface area is 65.7 Å². The Morgan fingerprint density at radius 2 is 1.70 bits per heavy atom. The third-order valence-corrected chi connectivity index (χ3v) is 4.40. The zero-order valence-electron chi connectivity index (χ0n) is 6.85. The molecular weight excluding hydrogens is 144 g/mol. The van der Waals surface area contributed by atoms with E-state index < -0.39 is 10.8 Å². The van der Waals surface area contributed by atoms with Crippen molar-refractivity contribution in [1.29, 1.82) is 0 Å². The normalized spacial score (nSPS) is 27.8. The van der Waals surface area contributed by atoms with Crippen LogP contribution in [0.1, 0.15) is 39.0 Å². The maximum absolute atomic E-state index is 11.2. The van der Waals surface area contributed by atoms with Gasteiger partial charge in [0.15, 0.2) is 0 Å². The van der Waals surface area contributed by atoms with Crippen LogP contribution in [0.25, 0.3) is 0 Å². The van der Waals surface area contributed by atoms with E-state index in [-0.39, 0.29) is 4.75 Å². The van der Waals surface area contributed by atoms with E-state index in [2.05, 4.69) is 6.92 Å². The van der Waals surface area contributed by atoms with E-state index in [1.165, 1.54) is 19.3 Å². The molecule has 0 amide bonds. The first-order chi connectivity index (χ1) is 4.65. The highest BCUT2D eigenvalue weighted by Gasteiger charge is 2.30. The van der Waals surface area contributed by atoms with E-state index in [1.807, 2.05) is 6.26 Å². The van der Waals surface area contributed by atoms with Crippen LogP contribution in [0, 0.1) is 0 Å². The molecule has 1 rings (SSSR count). The molecule has 0 aromatic rings. The second-order valence-corrected chi connectivity index (χ2v) is 5.36. The maximum atomic E-state index is 11.2. The molecule has 0 aliphatic heterocycles. The lowest BCUT2D eigenvalue weighted by Crippen LogP contribution is -2.32. The van der Waals surface area contributed by atoms with Crippen molar-refractivity contribution in [3.05, 3.63) is 0 Å². The minimum Gasteiger partial charge on any atom is -0.259 e. The largest absolute Gasteiger partial charge is 0.259 e. The van der Waals surface area contributed by atoms with Crippen LogP contribution in [0.2, 0.25) is 0 Å². The first-order valence-electron chi connectivity index (χ1n) is 3.99. The quantitative estimate of drug-likeness (QED) is 0.574. The highest BCUT2D eigenvalue weighted by atomic mass is 32.2. The molecule has 0 heterocycles. The topological polar surface area (TPSA) is 17.1 Å². The zero-order chi connectivity index (χ0) is 7.61. The Morgan fingerprint density at radius 1 is 1.20 bits per heavy atom. The number of hydrogen-bond donors (Lipinski definition) is 0. The Kier molecular flexibility index (Phi) is 2.50. The van der Waals surface area contributed by atoms with Gasteiger partial charge < -0.3 is 0 Å². The van der Waals surface area contributed by atoms with Gasteiger partial charge in [-0.1, -0.05) is 19.3 Å². The fourth-order valence-corrected chi connectivity index (χ4v) is 2.45. The first kappa shape index (κ1) is 8.25. The average molecular weight is 160 g/mol. The van der Waals surface area contributed by atoms with E-state index in [1.54, 1.807) is 0 Å². The van der Waals surface area contributed by atoms with Gasteiger partial charge in [0.2, 0.25) is 0 Å². The van der Waals surface area contributed by atoms with Gasteiger partial charge in [0, 0.05) is 21.8 Å². The first-order valence-corrected chi connectivity index (χ1v) is 5.54. The highest BCUT2D eigenvalue weighted by molar-refractivity contribution is 7.85. The summed E-state index contributed by atoms with van der Waals surface area (Å²) < 4.78 is 11.4. The van der Waals surface area contributed by atoms with E-state index >= 15 is 0 Å². The van der Waals surface area contributed by atoms with E-state index in [0.29, 0.717) is 0 Å². The lowest BCUT2D eigenvalue weighted by molar-refractivity contribution is 0.412. The molecule has 60 valence electrons. The molecule has 1 fully saturated rings. The van der Waals surface area contributed by atoms with E-state index in [9.17, 15) is 4.21 Å². The summed E-state index contributed by atoms with van der Waals surface area (Å²) in [4.78, 5) is 0. The molecule has 1 aliphatic rings. The van der Waals surface area contributed by atoms with Gasteiger partial charge in [-0.2, -0.15) is 0 Å². The summed E-state index contributed by atoms with van der Waals surface area (Å²) in [5, 5.41) is 0. The van der Waals surface area contributed by atoms with Crippen LogP contribution < -0.4 is 0 Å². The van der Waals surface area contributed by atoms with Gasteiger partial charge in [0.1, 0.15) is 0 Å². The summed E-state index contributed by atoms with van der Waals surface area (Å²) in [6, 6.07) is 0. The van der Waals surface area contributed by atoms with Crippen molar-refractivity contribution in [3.8, 4) is 0 Å². The van der Waals surface area contributed by atoms with Gasteiger partial charge in [-0.15, -0.1) is 0 Å². The SMILES string of the molecule is CS(=O)C1(C)CCCCC1. The van der Waals surface area contributed by atoms with Gasteiger partial charge in [0.25, 0.3) is 0 Å². The van der Waals surface area contributed by atoms with Crippen molar-refractivity contribution < 1.29 is 4.21 Å². The molecule has 0 spiro atoms. The minimum atomic E-state index is -0.618. The van der Waals surface area contributed by atoms with Crippen LogP contribution in [0.15, 0.2) is 0 Å². The molecule has 1 unspecified atom stereocenters. The fraction of sp³-hybridized carbons (Fsp3) is 1.00. The molecule has 0 aromatic carbocycles. The summed E-state index contributed by atoms with van der Waals surface area (Å²) in [5.74, 6) is 0. The summed E-state index contributed by atoms with van der Waals surface area (Å²) in [7, 11) is -0.618. The molecule has 0 radical (unpaired) electrons. The lowest BCUT2D eigenvalue weighted by Gasteiger charge is -2.30. The van der Waals surface area contributed by atoms with E-state index in [4.69, 9.17) is 0 Å². The lowest BCUT2D eigenvalue weighted by atomic mass is 9.90. The third kappa shape index (κ3) is 1.60. The van der Waals surface area contributed by atoms with Gasteiger partial charge in [0.05, 0.1) is 0 Å². The molecule has 10 heavy (non-hydrogen) atoms. The van der Waals surface area contributed by atoms with Crippen molar-refractivity contribution in [3.63, 3.8) is 0 Å². The fourth-order valence-electron chi connectivity index (χ4n) is 1.59. The monoisotopic (exact) mass is 160 g/mol. The molecule has 1 aliphatic carbocycles. The number of rotatable bonds is 1. The summed E-state index contributed by atoms with van der Waals surface area (Å²) in [5.41, 5.74) is 0. The van der Waals surface area contributed by atoms with Crippen LogP contribution in [0.3, 0.4) is 0 Å². The maximum Gasteiger partial charge on any atom is 0.0428 e. The van der Waals surface area contributed by atoms with Crippen LogP contribution >= 0.6 is 0 Å². The number of hydrogen-bond acceptors (Lipinski definition) is 1. The van der Waals surface area contributed by atoms with Crippen LogP contribution in [-0.2, 0) is 10.8 Å². The van der Waals surface area contributed by atoms with Crippen LogP contribution in [0.5, 0.6) is 0 Å². The van der Waals surface area contributed by atoms with Gasteiger partial charge >= 0.3 is 0 Å². The molecular formula is C8H16OS. The molecule has 2 heteroatoms. The molecule has 0 saturated heterocycles. The molecule has 0 bridgehead atoms. The third-order valence-electron chi connectivity index (χ3n) is 2.61. The van der Waals surface area contributed by atoms with Crippen molar-refractivity contribution in [2.45, 2.75) is 43.8 Å². The van der Waals surface area contributed by atoms with Gasteiger partial charge in [-0.3, -0.25) is 4.21 Å². The summed E-state index contributed by atoms with van der Waals surface area (Å²) >= 11 is 0. The average Bonchev–Trinajstić information content (AvgIpc) is 1.89. The van der Waals surface area contributed by atoms with Crippen molar-refractivity contribution in [1.82, 2.24) is 0 Å². The Balaban J connectivity index is 2.56. The Hall–Kier alpha value is 0.150. The Morgan fingerprint density at radius 3 is 2.00 bits per heavy atom. The minimum absolute atomic E-state index is 0.151. The highest BCUT2D eigenvalue weighted by Crippen LogP contribution is 2.31. The molecule has 0 aromatic heterocycles. The van der Waals surface area contributed by atoms with Crippen molar-refractivity contribution in [2.75, 3.05) is 6.26 Å². The van der Waals surface area contributed by atoms with Crippen LogP contribution in [-0.4, -0.2) is 15.2 Å². The molecule has 1 nitrogen and oxygen atoms in total. The second kappa shape index (κ2) is 3.04. The summed E-state index contributed by atoms with van der Waals surface area (Å²) in [6.07, 6.45) is 8.05. The molecule has 1 atom stereocenters. The standard InChI is InChI=1S/C8H16OS/c1-8(10(2)9)6-4-3-5-7-8/h3-7H2,1-2H3.